The van der Waals surface area contributed by atoms with Crippen LogP contribution in [0.2, 0.25) is 0 Å². The summed E-state index contributed by atoms with van der Waals surface area (Å²) < 4.78 is 13.0. The van der Waals surface area contributed by atoms with E-state index in [4.69, 9.17) is 0 Å². The highest BCUT2D eigenvalue weighted by Gasteiger charge is 2.21. The van der Waals surface area contributed by atoms with E-state index in [0.717, 1.165) is 25.5 Å². The Balaban J connectivity index is 1.36. The average Bonchev–Trinajstić information content (AvgIpc) is 2.66. The van der Waals surface area contributed by atoms with Crippen molar-refractivity contribution in [1.29, 1.82) is 0 Å². The van der Waals surface area contributed by atoms with Crippen molar-refractivity contribution < 1.29 is 14.3 Å². The molecule has 0 atom stereocenters. The first-order valence-corrected chi connectivity index (χ1v) is 9.43. The van der Waals surface area contributed by atoms with E-state index in [1.165, 1.54) is 30.5 Å². The minimum Gasteiger partial charge on any atom is -0.507 e. The molecular weight excluding hydrogens is 329 g/mol. The van der Waals surface area contributed by atoms with Gasteiger partial charge in [-0.15, -0.1) is 0 Å². The molecule has 0 bridgehead atoms. The van der Waals surface area contributed by atoms with Gasteiger partial charge in [-0.05, 0) is 62.3 Å². The lowest BCUT2D eigenvalue weighted by Crippen LogP contribution is -2.33. The molecular formula is C22H26FNO2. The Morgan fingerprint density at radius 2 is 1.81 bits per heavy atom. The largest absolute Gasteiger partial charge is 0.507 e. The molecule has 0 aromatic heterocycles. The molecule has 0 aliphatic heterocycles. The Bertz CT molecular complexity index is 724. The zero-order chi connectivity index (χ0) is 18.4. The first-order valence-electron chi connectivity index (χ1n) is 9.43. The summed E-state index contributed by atoms with van der Waals surface area (Å²) in [5.41, 5.74) is 1.64. The predicted molar refractivity (Wildman–Crippen MR) is 101 cm³/mol. The number of carbonyl (C=O) groups excluding carboxylic acids is 1. The first-order chi connectivity index (χ1) is 12.6. The minimum atomic E-state index is -0.535. The summed E-state index contributed by atoms with van der Waals surface area (Å²) in [5.74, 6) is -0.289. The van der Waals surface area contributed by atoms with Gasteiger partial charge in [0, 0.05) is 18.5 Å². The summed E-state index contributed by atoms with van der Waals surface area (Å²) in [6.07, 6.45) is 5.78. The molecule has 0 saturated heterocycles. The highest BCUT2D eigenvalue weighted by molar-refractivity contribution is 5.98. The van der Waals surface area contributed by atoms with Crippen molar-refractivity contribution in [3.63, 3.8) is 0 Å². The molecule has 3 rings (SSSR count). The van der Waals surface area contributed by atoms with E-state index in [9.17, 15) is 14.3 Å². The molecule has 4 heteroatoms. The van der Waals surface area contributed by atoms with Gasteiger partial charge in [-0.1, -0.05) is 30.3 Å². The number of Topliss-reactive ketones (excluding diaryl/α,β-unsaturated/α-hetero) is 1. The number of hydrogen-bond donors (Lipinski definition) is 2. The van der Waals surface area contributed by atoms with Crippen LogP contribution >= 0.6 is 0 Å². The van der Waals surface area contributed by atoms with Crippen LogP contribution in [0.3, 0.4) is 0 Å². The molecule has 0 radical (unpaired) electrons. The standard InChI is InChI=1S/C22H26FNO2/c23-18-10-13-20(22(26)15-18)21(25)7-4-14-24-19-11-8-17(9-12-19)16-5-2-1-3-6-16/h1-3,5-6,10,13,15,17,19,24,26H,4,7-9,11-12,14H2. The van der Waals surface area contributed by atoms with Gasteiger partial charge in [0.25, 0.3) is 0 Å². The van der Waals surface area contributed by atoms with Crippen LogP contribution in [0.1, 0.15) is 60.4 Å². The topological polar surface area (TPSA) is 49.3 Å². The number of ketones is 1. The predicted octanol–water partition coefficient (Wildman–Crippen LogP) is 4.81. The molecule has 2 aromatic carbocycles. The van der Waals surface area contributed by atoms with Crippen LogP contribution in [-0.4, -0.2) is 23.5 Å². The van der Waals surface area contributed by atoms with Gasteiger partial charge in [0.05, 0.1) is 5.56 Å². The van der Waals surface area contributed by atoms with Crippen LogP contribution in [0, 0.1) is 5.82 Å². The van der Waals surface area contributed by atoms with Gasteiger partial charge in [0.2, 0.25) is 0 Å². The highest BCUT2D eigenvalue weighted by atomic mass is 19.1. The Morgan fingerprint density at radius 3 is 2.50 bits per heavy atom. The second-order valence-corrected chi connectivity index (χ2v) is 7.10. The maximum atomic E-state index is 13.0. The van der Waals surface area contributed by atoms with Crippen molar-refractivity contribution in [2.75, 3.05) is 6.54 Å². The van der Waals surface area contributed by atoms with Crippen molar-refractivity contribution in [3.8, 4) is 5.75 Å². The van der Waals surface area contributed by atoms with Crippen molar-refractivity contribution >= 4 is 5.78 Å². The molecule has 1 aliphatic carbocycles. The molecule has 0 unspecified atom stereocenters. The first kappa shape index (κ1) is 18.6. The minimum absolute atomic E-state index is 0.142. The molecule has 3 nitrogen and oxygen atoms in total. The average molecular weight is 355 g/mol. The Labute approximate surface area is 154 Å². The molecule has 2 N–H and O–H groups in total. The van der Waals surface area contributed by atoms with Crippen LogP contribution in [-0.2, 0) is 0 Å². The second kappa shape index (κ2) is 8.95. The monoisotopic (exact) mass is 355 g/mol. The van der Waals surface area contributed by atoms with E-state index in [1.54, 1.807) is 0 Å². The van der Waals surface area contributed by atoms with E-state index in [0.29, 0.717) is 24.8 Å². The van der Waals surface area contributed by atoms with Crippen molar-refractivity contribution in [2.24, 2.45) is 0 Å². The highest BCUT2D eigenvalue weighted by Crippen LogP contribution is 2.32. The summed E-state index contributed by atoms with van der Waals surface area (Å²) in [7, 11) is 0. The number of carbonyl (C=O) groups is 1. The lowest BCUT2D eigenvalue weighted by Gasteiger charge is -2.29. The number of nitrogens with one attached hydrogen (secondary N) is 1. The van der Waals surface area contributed by atoms with Crippen LogP contribution in [0.15, 0.2) is 48.5 Å². The number of phenolic OH excluding ortho intramolecular Hbond substituents is 1. The van der Waals surface area contributed by atoms with Gasteiger partial charge < -0.3 is 10.4 Å². The quantitative estimate of drug-likeness (QED) is 0.553. The van der Waals surface area contributed by atoms with E-state index in [-0.39, 0.29) is 17.1 Å². The molecule has 138 valence electrons. The van der Waals surface area contributed by atoms with Gasteiger partial charge in [0.15, 0.2) is 5.78 Å². The number of halogens is 1. The molecule has 0 heterocycles. The Kier molecular flexibility index (Phi) is 6.40. The van der Waals surface area contributed by atoms with Gasteiger partial charge in [-0.2, -0.15) is 0 Å². The third-order valence-corrected chi connectivity index (χ3v) is 5.27. The number of phenols is 1. The van der Waals surface area contributed by atoms with E-state index >= 15 is 0 Å². The maximum Gasteiger partial charge on any atom is 0.166 e. The van der Waals surface area contributed by atoms with Crippen molar-refractivity contribution in [1.82, 2.24) is 5.32 Å². The van der Waals surface area contributed by atoms with Gasteiger partial charge >= 0.3 is 0 Å². The number of hydrogen-bond acceptors (Lipinski definition) is 3. The summed E-state index contributed by atoms with van der Waals surface area (Å²) >= 11 is 0. The van der Waals surface area contributed by atoms with E-state index in [1.807, 2.05) is 0 Å². The molecule has 1 saturated carbocycles. The van der Waals surface area contributed by atoms with Gasteiger partial charge in [0.1, 0.15) is 11.6 Å². The van der Waals surface area contributed by atoms with Crippen molar-refractivity contribution in [3.05, 3.63) is 65.5 Å². The zero-order valence-corrected chi connectivity index (χ0v) is 15.0. The van der Waals surface area contributed by atoms with E-state index < -0.39 is 5.82 Å². The summed E-state index contributed by atoms with van der Waals surface area (Å²) in [4.78, 5) is 12.1. The number of rotatable bonds is 7. The lowest BCUT2D eigenvalue weighted by molar-refractivity contribution is 0.0977. The normalized spacial score (nSPS) is 20.0. The summed E-state index contributed by atoms with van der Waals surface area (Å²) in [6, 6.07) is 14.8. The zero-order valence-electron chi connectivity index (χ0n) is 15.0. The molecule has 0 amide bonds. The van der Waals surface area contributed by atoms with Gasteiger partial charge in [-0.3, -0.25) is 4.79 Å². The molecule has 1 aliphatic rings. The fourth-order valence-electron chi connectivity index (χ4n) is 3.79. The van der Waals surface area contributed by atoms with E-state index in [2.05, 4.69) is 35.6 Å². The Morgan fingerprint density at radius 1 is 1.08 bits per heavy atom. The van der Waals surface area contributed by atoms with Crippen LogP contribution in [0.25, 0.3) is 0 Å². The smallest absolute Gasteiger partial charge is 0.166 e. The summed E-state index contributed by atoms with van der Waals surface area (Å²) in [6.45, 7) is 0.786. The molecule has 1 fully saturated rings. The third-order valence-electron chi connectivity index (χ3n) is 5.27. The number of benzene rings is 2. The maximum absolute atomic E-state index is 13.0. The third kappa shape index (κ3) is 4.92. The second-order valence-electron chi connectivity index (χ2n) is 7.10. The Hall–Kier alpha value is -2.20. The number of aromatic hydroxyl groups is 1. The fraction of sp³-hybridized carbons (Fsp3) is 0.409. The summed E-state index contributed by atoms with van der Waals surface area (Å²) in [5, 5.41) is 13.2. The SMILES string of the molecule is O=C(CCCNC1CCC(c2ccccc2)CC1)c1ccc(F)cc1O. The van der Waals surface area contributed by atoms with Crippen molar-refractivity contribution in [2.45, 2.75) is 50.5 Å². The van der Waals surface area contributed by atoms with Crippen LogP contribution in [0.4, 0.5) is 4.39 Å². The molecule has 2 aromatic rings. The fourth-order valence-corrected chi connectivity index (χ4v) is 3.79. The van der Waals surface area contributed by atoms with Crippen LogP contribution in [0.5, 0.6) is 5.75 Å². The molecule has 0 spiro atoms. The molecule has 26 heavy (non-hydrogen) atoms. The lowest BCUT2D eigenvalue weighted by atomic mass is 9.82. The van der Waals surface area contributed by atoms with Crippen LogP contribution < -0.4 is 5.32 Å². The van der Waals surface area contributed by atoms with Gasteiger partial charge in [-0.25, -0.2) is 4.39 Å².